The number of fused-ring (bicyclic) bond motifs is 1. The molecule has 0 bridgehead atoms. The quantitative estimate of drug-likeness (QED) is 0.946. The third-order valence-corrected chi connectivity index (χ3v) is 5.47. The van der Waals surface area contributed by atoms with Gasteiger partial charge in [0.15, 0.2) is 9.84 Å². The summed E-state index contributed by atoms with van der Waals surface area (Å²) in [5, 5.41) is 2.78. The Morgan fingerprint density at radius 3 is 2.43 bits per heavy atom. The number of rotatable bonds is 3. The molecule has 21 heavy (non-hydrogen) atoms. The van der Waals surface area contributed by atoms with Crippen LogP contribution in [0.5, 0.6) is 0 Å². The van der Waals surface area contributed by atoms with Crippen LogP contribution < -0.4 is 5.32 Å². The van der Waals surface area contributed by atoms with Crippen LogP contribution in [0.2, 0.25) is 0 Å². The minimum atomic E-state index is -3.46. The number of benzene rings is 2. The minimum Gasteiger partial charge on any atom is -0.326 e. The average Bonchev–Trinajstić information content (AvgIpc) is 2.49. The maximum absolute atomic E-state index is 12.4. The zero-order valence-electron chi connectivity index (χ0n) is 11.3. The van der Waals surface area contributed by atoms with Gasteiger partial charge in [-0.1, -0.05) is 36.4 Å². The second-order valence-corrected chi connectivity index (χ2v) is 7.18. The molecule has 5 heteroatoms. The molecule has 2 aromatic carbocycles. The Balaban J connectivity index is 1.85. The highest BCUT2D eigenvalue weighted by molar-refractivity contribution is 7.91. The molecule has 1 aliphatic heterocycles. The fraction of sp³-hybridized carbons (Fsp3) is 0.188. The summed E-state index contributed by atoms with van der Waals surface area (Å²) in [6.07, 6.45) is 0.452. The van der Waals surface area contributed by atoms with E-state index in [-0.39, 0.29) is 16.6 Å². The van der Waals surface area contributed by atoms with Crippen LogP contribution >= 0.6 is 0 Å². The second-order valence-electron chi connectivity index (χ2n) is 5.14. The van der Waals surface area contributed by atoms with Gasteiger partial charge in [-0.25, -0.2) is 8.42 Å². The summed E-state index contributed by atoms with van der Waals surface area (Å²) < 4.78 is 24.8. The highest BCUT2D eigenvalue weighted by Gasteiger charge is 2.30. The molecule has 1 N–H and O–H groups in total. The third-order valence-electron chi connectivity index (χ3n) is 3.64. The van der Waals surface area contributed by atoms with Gasteiger partial charge in [-0.3, -0.25) is 4.79 Å². The summed E-state index contributed by atoms with van der Waals surface area (Å²) in [4.78, 5) is 12.4. The van der Waals surface area contributed by atoms with Gasteiger partial charge >= 0.3 is 0 Å². The molecule has 0 spiro atoms. The van der Waals surface area contributed by atoms with E-state index in [0.717, 1.165) is 11.3 Å². The van der Waals surface area contributed by atoms with E-state index >= 15 is 0 Å². The van der Waals surface area contributed by atoms with Crippen LogP contribution in [-0.4, -0.2) is 20.1 Å². The number of anilines is 1. The number of hydrogen-bond acceptors (Lipinski definition) is 3. The normalized spacial score (nSPS) is 17.9. The van der Waals surface area contributed by atoms with Crippen molar-refractivity contribution in [2.75, 3.05) is 11.1 Å². The van der Waals surface area contributed by atoms with Gasteiger partial charge in [0, 0.05) is 5.69 Å². The molecule has 1 aliphatic rings. The average molecular weight is 301 g/mol. The molecule has 0 aromatic heterocycles. The van der Waals surface area contributed by atoms with Crippen molar-refractivity contribution in [1.29, 1.82) is 0 Å². The number of para-hydroxylation sites is 1. The van der Waals surface area contributed by atoms with Crippen molar-refractivity contribution < 1.29 is 13.2 Å². The summed E-state index contributed by atoms with van der Waals surface area (Å²) in [5.41, 5.74) is 1.75. The van der Waals surface area contributed by atoms with E-state index in [1.807, 2.05) is 24.3 Å². The molecular formula is C16H15NO3S. The Hall–Kier alpha value is -2.14. The van der Waals surface area contributed by atoms with Gasteiger partial charge in [0.25, 0.3) is 0 Å². The van der Waals surface area contributed by atoms with E-state index in [1.54, 1.807) is 30.3 Å². The van der Waals surface area contributed by atoms with Gasteiger partial charge in [-0.2, -0.15) is 0 Å². The van der Waals surface area contributed by atoms with Crippen molar-refractivity contribution in [3.63, 3.8) is 0 Å². The molecule has 108 valence electrons. The monoisotopic (exact) mass is 301 g/mol. The lowest BCUT2D eigenvalue weighted by atomic mass is 9.95. The van der Waals surface area contributed by atoms with Crippen molar-refractivity contribution in [3.8, 4) is 0 Å². The fourth-order valence-corrected chi connectivity index (χ4v) is 4.10. The fourth-order valence-electron chi connectivity index (χ4n) is 2.54. The van der Waals surface area contributed by atoms with Crippen LogP contribution in [0.25, 0.3) is 0 Å². The molecule has 1 unspecified atom stereocenters. The number of hydrogen-bond donors (Lipinski definition) is 1. The van der Waals surface area contributed by atoms with E-state index < -0.39 is 15.8 Å². The number of carbonyl (C=O) groups excluding carboxylic acids is 1. The first-order chi connectivity index (χ1) is 10.1. The maximum Gasteiger partial charge on any atom is 0.228 e. The molecule has 0 aliphatic carbocycles. The lowest BCUT2D eigenvalue weighted by molar-refractivity contribution is -0.119. The SMILES string of the molecule is O=C1Nc2ccccc2CC1CS(=O)(=O)c1ccccc1. The van der Waals surface area contributed by atoms with Gasteiger partial charge in [0.1, 0.15) is 0 Å². The van der Waals surface area contributed by atoms with Crippen LogP contribution in [0.15, 0.2) is 59.5 Å². The number of amides is 1. The lowest BCUT2D eigenvalue weighted by Gasteiger charge is -2.24. The number of nitrogens with one attached hydrogen (secondary N) is 1. The summed E-state index contributed by atoms with van der Waals surface area (Å²) in [7, 11) is -3.46. The molecular weight excluding hydrogens is 286 g/mol. The molecule has 3 rings (SSSR count). The van der Waals surface area contributed by atoms with E-state index in [4.69, 9.17) is 0 Å². The van der Waals surface area contributed by atoms with E-state index in [2.05, 4.69) is 5.32 Å². The topological polar surface area (TPSA) is 63.2 Å². The molecule has 1 heterocycles. The maximum atomic E-state index is 12.4. The number of carbonyl (C=O) groups is 1. The predicted molar refractivity (Wildman–Crippen MR) is 80.8 cm³/mol. The predicted octanol–water partition coefficient (Wildman–Crippen LogP) is 2.27. The van der Waals surface area contributed by atoms with Gasteiger partial charge < -0.3 is 5.32 Å². The van der Waals surface area contributed by atoms with Crippen molar-refractivity contribution in [2.45, 2.75) is 11.3 Å². The van der Waals surface area contributed by atoms with Crippen LogP contribution in [0.1, 0.15) is 5.56 Å². The first-order valence-electron chi connectivity index (χ1n) is 6.73. The van der Waals surface area contributed by atoms with E-state index in [0.29, 0.717) is 6.42 Å². The van der Waals surface area contributed by atoms with Crippen LogP contribution in [0, 0.1) is 5.92 Å². The molecule has 1 amide bonds. The first kappa shape index (κ1) is 13.8. The lowest BCUT2D eigenvalue weighted by Crippen LogP contribution is -2.34. The summed E-state index contributed by atoms with van der Waals surface area (Å²) in [5.74, 6) is -0.949. The van der Waals surface area contributed by atoms with Crippen LogP contribution in [0.4, 0.5) is 5.69 Å². The Morgan fingerprint density at radius 1 is 1.00 bits per heavy atom. The molecule has 0 fully saturated rings. The summed E-state index contributed by atoms with van der Waals surface area (Å²) in [6.45, 7) is 0. The number of sulfone groups is 1. The molecule has 0 saturated carbocycles. The van der Waals surface area contributed by atoms with E-state index in [1.165, 1.54) is 0 Å². The van der Waals surface area contributed by atoms with Gasteiger partial charge in [0.2, 0.25) is 5.91 Å². The minimum absolute atomic E-state index is 0.169. The zero-order chi connectivity index (χ0) is 14.9. The van der Waals surface area contributed by atoms with Gasteiger partial charge in [0.05, 0.1) is 16.6 Å². The molecule has 4 nitrogen and oxygen atoms in total. The van der Waals surface area contributed by atoms with Crippen LogP contribution in [0.3, 0.4) is 0 Å². The molecule has 0 radical (unpaired) electrons. The zero-order valence-corrected chi connectivity index (χ0v) is 12.1. The molecule has 1 atom stereocenters. The highest BCUT2D eigenvalue weighted by Crippen LogP contribution is 2.27. The summed E-state index contributed by atoms with van der Waals surface area (Å²) in [6, 6.07) is 15.7. The first-order valence-corrected chi connectivity index (χ1v) is 8.38. The Bertz CT molecular complexity index is 769. The standard InChI is InChI=1S/C16H15NO3S/c18-16-13(10-12-6-4-5-9-15(12)17-16)11-21(19,20)14-7-2-1-3-8-14/h1-9,13H,10-11H2,(H,17,18). The smallest absolute Gasteiger partial charge is 0.228 e. The Morgan fingerprint density at radius 2 is 1.67 bits per heavy atom. The van der Waals surface area contributed by atoms with Gasteiger partial charge in [-0.05, 0) is 30.2 Å². The van der Waals surface area contributed by atoms with Crippen molar-refractivity contribution in [1.82, 2.24) is 0 Å². The van der Waals surface area contributed by atoms with Crippen LogP contribution in [-0.2, 0) is 21.1 Å². The Kier molecular flexibility index (Phi) is 3.51. The molecule has 2 aromatic rings. The molecule has 0 saturated heterocycles. The van der Waals surface area contributed by atoms with Gasteiger partial charge in [-0.15, -0.1) is 0 Å². The van der Waals surface area contributed by atoms with E-state index in [9.17, 15) is 13.2 Å². The van der Waals surface area contributed by atoms with Crippen molar-refractivity contribution in [2.24, 2.45) is 5.92 Å². The second kappa shape index (κ2) is 5.33. The van der Waals surface area contributed by atoms with Crippen molar-refractivity contribution in [3.05, 3.63) is 60.2 Å². The van der Waals surface area contributed by atoms with Crippen molar-refractivity contribution >= 4 is 21.4 Å². The third kappa shape index (κ3) is 2.83. The highest BCUT2D eigenvalue weighted by atomic mass is 32.2. The Labute approximate surface area is 123 Å². The largest absolute Gasteiger partial charge is 0.326 e. The summed E-state index contributed by atoms with van der Waals surface area (Å²) >= 11 is 0.